The minimum Gasteiger partial charge on any atom is -0.363 e. The van der Waals surface area contributed by atoms with Crippen LogP contribution in [-0.2, 0) is 23.7 Å². The van der Waals surface area contributed by atoms with Gasteiger partial charge in [-0.3, -0.25) is 20.0 Å². The Labute approximate surface area is 223 Å². The van der Waals surface area contributed by atoms with Gasteiger partial charge in [0.15, 0.2) is 11.6 Å². The number of aliphatic hydroxyl groups excluding tert-OH is 1. The van der Waals surface area contributed by atoms with Crippen LogP contribution >= 0.6 is 0 Å². The lowest BCUT2D eigenvalue weighted by Gasteiger charge is -2.43. The molecule has 10 heteroatoms. The highest BCUT2D eigenvalue weighted by atomic mass is 16.7. The summed E-state index contributed by atoms with van der Waals surface area (Å²) in [4.78, 5) is 17.5. The maximum Gasteiger partial charge on any atom is 0.201 e. The first-order chi connectivity index (χ1) is 18.5. The van der Waals surface area contributed by atoms with E-state index in [9.17, 15) is 5.11 Å². The molecule has 206 valence electrons. The van der Waals surface area contributed by atoms with Crippen LogP contribution in [0.4, 0.5) is 0 Å². The number of aliphatic hydroxyl groups is 1. The molecule has 0 amide bonds. The molecule has 0 aromatic heterocycles. The molecule has 10 nitrogen and oxygen atoms in total. The normalized spacial score (nSPS) is 43.1. The van der Waals surface area contributed by atoms with Gasteiger partial charge in [0, 0.05) is 32.1 Å². The fourth-order valence-electron chi connectivity index (χ4n) is 7.87. The van der Waals surface area contributed by atoms with Crippen molar-refractivity contribution in [3.05, 3.63) is 11.4 Å². The number of ether oxygens (including phenoxy) is 5. The molecule has 38 heavy (non-hydrogen) atoms. The van der Waals surface area contributed by atoms with Crippen molar-refractivity contribution in [1.82, 2.24) is 0 Å². The Hall–Kier alpha value is -1.82. The molecule has 3 aliphatic heterocycles. The summed E-state index contributed by atoms with van der Waals surface area (Å²) in [6.07, 6.45) is 8.27. The van der Waals surface area contributed by atoms with Gasteiger partial charge in [0.25, 0.3) is 0 Å². The van der Waals surface area contributed by atoms with Crippen molar-refractivity contribution in [2.24, 2.45) is 25.9 Å². The van der Waals surface area contributed by atoms with Crippen LogP contribution in [0.15, 0.2) is 31.4 Å². The monoisotopic (exact) mass is 526 g/mol. The van der Waals surface area contributed by atoms with Gasteiger partial charge < -0.3 is 28.8 Å². The van der Waals surface area contributed by atoms with Crippen LogP contribution in [0.1, 0.15) is 70.6 Å². The molecule has 0 aromatic carbocycles. The Morgan fingerprint density at radius 1 is 0.947 bits per heavy atom. The highest BCUT2D eigenvalue weighted by Gasteiger charge is 2.85. The van der Waals surface area contributed by atoms with Crippen LogP contribution in [0.5, 0.6) is 0 Å². The summed E-state index contributed by atoms with van der Waals surface area (Å²) < 4.78 is 32.4. The summed E-state index contributed by atoms with van der Waals surface area (Å²) in [5, 5.41) is 11.5. The number of fused-ring (bicyclic) bond motifs is 3. The van der Waals surface area contributed by atoms with Gasteiger partial charge in [-0.25, -0.2) is 0 Å². The van der Waals surface area contributed by atoms with Crippen LogP contribution in [0.3, 0.4) is 0 Å². The van der Waals surface area contributed by atoms with Crippen LogP contribution in [0.2, 0.25) is 0 Å². The van der Waals surface area contributed by atoms with Gasteiger partial charge in [-0.05, 0) is 45.8 Å². The second-order valence-electron chi connectivity index (χ2n) is 11.8. The zero-order chi connectivity index (χ0) is 26.1. The highest BCUT2D eigenvalue weighted by Crippen LogP contribution is 2.67. The molecule has 8 atom stereocenters. The third kappa shape index (κ3) is 3.68. The Morgan fingerprint density at radius 3 is 2.32 bits per heavy atom. The zero-order valence-corrected chi connectivity index (χ0v) is 21.9. The van der Waals surface area contributed by atoms with Crippen molar-refractivity contribution in [3.8, 4) is 0 Å². The van der Waals surface area contributed by atoms with Crippen molar-refractivity contribution in [2.45, 2.75) is 124 Å². The Morgan fingerprint density at radius 2 is 1.66 bits per heavy atom. The second-order valence-corrected chi connectivity index (χ2v) is 11.8. The molecule has 0 bridgehead atoms. The molecular weight excluding hydrogens is 488 g/mol. The fourth-order valence-corrected chi connectivity index (χ4v) is 7.87. The molecule has 7 aliphatic rings. The van der Waals surface area contributed by atoms with Gasteiger partial charge in [0.1, 0.15) is 35.6 Å². The number of aliphatic imine (C=N–C) groups is 4. The summed E-state index contributed by atoms with van der Waals surface area (Å²) in [5.41, 5.74) is 0.743. The van der Waals surface area contributed by atoms with E-state index in [-0.39, 0.29) is 35.9 Å². The largest absolute Gasteiger partial charge is 0.363 e. The van der Waals surface area contributed by atoms with Crippen molar-refractivity contribution < 1.29 is 28.8 Å². The molecule has 4 saturated carbocycles. The SMILES string of the molecule is C=N/C(=C(\N=C)[C@H]1CCOC2(CCCCC2)O1)[C@H](O)OC12C3N=C3[C@@H](N=C)C3OC4(CCCCC4)OC1C32. The first-order valence-electron chi connectivity index (χ1n) is 14.2. The van der Waals surface area contributed by atoms with E-state index in [0.29, 0.717) is 18.7 Å². The van der Waals surface area contributed by atoms with Gasteiger partial charge in [-0.2, -0.15) is 0 Å². The predicted octanol–water partition coefficient (Wildman–Crippen LogP) is 3.12. The number of nitrogens with zero attached hydrogens (tertiary/aromatic N) is 4. The molecule has 2 spiro atoms. The molecule has 7 rings (SSSR count). The topological polar surface area (TPSA) is 116 Å². The van der Waals surface area contributed by atoms with Crippen molar-refractivity contribution in [1.29, 1.82) is 0 Å². The number of hydrogen-bond acceptors (Lipinski definition) is 10. The summed E-state index contributed by atoms with van der Waals surface area (Å²) in [6.45, 7) is 11.9. The molecule has 4 aliphatic carbocycles. The highest BCUT2D eigenvalue weighted by molar-refractivity contribution is 6.09. The van der Waals surface area contributed by atoms with Gasteiger partial charge in [-0.15, -0.1) is 0 Å². The maximum absolute atomic E-state index is 11.5. The van der Waals surface area contributed by atoms with Gasteiger partial charge in [-0.1, -0.05) is 12.8 Å². The van der Waals surface area contributed by atoms with Crippen LogP contribution in [-0.4, -0.2) is 91.4 Å². The van der Waals surface area contributed by atoms with E-state index >= 15 is 0 Å². The molecule has 0 radical (unpaired) electrons. The van der Waals surface area contributed by atoms with E-state index < -0.39 is 29.6 Å². The minimum atomic E-state index is -1.40. The van der Waals surface area contributed by atoms with E-state index in [1.54, 1.807) is 0 Å². The lowest BCUT2D eigenvalue weighted by atomic mass is 9.88. The van der Waals surface area contributed by atoms with Crippen molar-refractivity contribution in [3.63, 3.8) is 0 Å². The third-order valence-electron chi connectivity index (χ3n) is 9.75. The molecule has 0 aromatic rings. The lowest BCUT2D eigenvalue weighted by Crippen LogP contribution is -2.52. The van der Waals surface area contributed by atoms with Crippen molar-refractivity contribution >= 4 is 25.9 Å². The molecule has 2 saturated heterocycles. The third-order valence-corrected chi connectivity index (χ3v) is 9.75. The van der Waals surface area contributed by atoms with E-state index in [2.05, 4.69) is 35.1 Å². The van der Waals surface area contributed by atoms with Crippen molar-refractivity contribution in [2.75, 3.05) is 6.61 Å². The fraction of sp³-hybridized carbons (Fsp3) is 0.786. The van der Waals surface area contributed by atoms with E-state index in [1.165, 1.54) is 12.8 Å². The van der Waals surface area contributed by atoms with Crippen LogP contribution < -0.4 is 0 Å². The number of rotatable bonds is 7. The Kier molecular flexibility index (Phi) is 6.03. The second kappa shape index (κ2) is 9.11. The molecular formula is C28H38N4O6. The van der Waals surface area contributed by atoms with Crippen LogP contribution in [0.25, 0.3) is 0 Å². The average Bonchev–Trinajstić information content (AvgIpc) is 3.84. The Balaban J connectivity index is 1.16. The van der Waals surface area contributed by atoms with Gasteiger partial charge in [0.2, 0.25) is 6.29 Å². The van der Waals surface area contributed by atoms with Gasteiger partial charge in [0.05, 0.1) is 30.0 Å². The molecule has 5 unspecified atom stereocenters. The van der Waals surface area contributed by atoms with Gasteiger partial charge >= 0.3 is 0 Å². The first-order valence-corrected chi connectivity index (χ1v) is 14.2. The summed E-state index contributed by atoms with van der Waals surface area (Å²) in [7, 11) is 0. The van der Waals surface area contributed by atoms with E-state index in [1.807, 2.05) is 0 Å². The number of hydrogen-bond donors (Lipinski definition) is 1. The predicted molar refractivity (Wildman–Crippen MR) is 141 cm³/mol. The standard InChI is InChI=1S/C28H38N4O6/c1-29-18(16-10-15-34-26(35-16)11-6-4-7-12-26)21(31-3)25(33)38-28-17-22(19(30-2)20-23(28)32-20)36-27(37-24(17)28)13-8-5-9-14-27/h16-17,19,22-25,33H,1-15H2/b21-18-/t16-,17?,19-,22?,23?,24?,25-,28?/m1/s1. The Bertz CT molecular complexity index is 1070. The molecule has 6 fully saturated rings. The average molecular weight is 527 g/mol. The maximum atomic E-state index is 11.5. The summed E-state index contributed by atoms with van der Waals surface area (Å²) in [6, 6.07) is -0.413. The van der Waals surface area contributed by atoms with Crippen LogP contribution in [0, 0.1) is 5.92 Å². The summed E-state index contributed by atoms with van der Waals surface area (Å²) >= 11 is 0. The van der Waals surface area contributed by atoms with E-state index in [4.69, 9.17) is 28.7 Å². The molecule has 1 N–H and O–H groups in total. The quantitative estimate of drug-likeness (QED) is 0.403. The summed E-state index contributed by atoms with van der Waals surface area (Å²) in [5.74, 6) is -1.34. The minimum absolute atomic E-state index is 0.101. The first kappa shape index (κ1) is 25.2. The molecule has 3 heterocycles. The zero-order valence-electron chi connectivity index (χ0n) is 21.9. The smallest absolute Gasteiger partial charge is 0.201 e. The van der Waals surface area contributed by atoms with E-state index in [0.717, 1.165) is 57.1 Å². The lowest BCUT2D eigenvalue weighted by molar-refractivity contribution is -0.310.